The Kier molecular flexibility index (Phi) is 5.45. The molecule has 0 aliphatic carbocycles. The number of hydrogen-bond donors (Lipinski definition) is 5. The van der Waals surface area contributed by atoms with Crippen LogP contribution in [0.2, 0.25) is 0 Å². The predicted octanol–water partition coefficient (Wildman–Crippen LogP) is 4.86. The summed E-state index contributed by atoms with van der Waals surface area (Å²) < 4.78 is 0. The zero-order valence-electron chi connectivity index (χ0n) is 18.8. The molecule has 3 aromatic carbocycles. The molecule has 0 fully saturated rings. The highest BCUT2D eigenvalue weighted by Gasteiger charge is 2.35. The zero-order valence-corrected chi connectivity index (χ0v) is 18.8. The Morgan fingerprint density at radius 2 is 1.82 bits per heavy atom. The van der Waals surface area contributed by atoms with E-state index in [4.69, 9.17) is 0 Å². The van der Waals surface area contributed by atoms with E-state index in [0.717, 1.165) is 33.4 Å². The van der Waals surface area contributed by atoms with Crippen molar-refractivity contribution in [2.75, 3.05) is 11.9 Å². The lowest BCUT2D eigenvalue weighted by Gasteiger charge is -2.28. The summed E-state index contributed by atoms with van der Waals surface area (Å²) >= 11 is 0. The highest BCUT2D eigenvalue weighted by atomic mass is 16.4. The summed E-state index contributed by atoms with van der Waals surface area (Å²) in [7, 11) is 0. The van der Waals surface area contributed by atoms with Gasteiger partial charge in [0, 0.05) is 53.3 Å². The van der Waals surface area contributed by atoms with Crippen molar-refractivity contribution in [2.24, 2.45) is 0 Å². The third-order valence-corrected chi connectivity index (χ3v) is 6.34. The molecule has 0 bridgehead atoms. The number of carboxylic acid groups (broad SMARTS) is 1. The van der Waals surface area contributed by atoms with Crippen LogP contribution in [0.1, 0.15) is 24.5 Å². The van der Waals surface area contributed by atoms with Gasteiger partial charge in [-0.3, -0.25) is 4.79 Å². The van der Waals surface area contributed by atoms with Gasteiger partial charge in [0.15, 0.2) is 0 Å². The van der Waals surface area contributed by atoms with E-state index in [9.17, 15) is 14.7 Å². The number of benzene rings is 3. The molecule has 5 rings (SSSR count). The number of carbonyl (C=O) groups excluding carboxylic acids is 1. The molecule has 1 atom stereocenters. The minimum absolute atomic E-state index is 0.228. The zero-order chi connectivity index (χ0) is 23.7. The fraction of sp³-hybridized carbons (Fsp3) is 0.185. The van der Waals surface area contributed by atoms with Gasteiger partial charge < -0.3 is 26.0 Å². The van der Waals surface area contributed by atoms with Gasteiger partial charge in [0.2, 0.25) is 5.91 Å². The average Bonchev–Trinajstić information content (AvgIpc) is 3.21. The van der Waals surface area contributed by atoms with Crippen molar-refractivity contribution in [1.82, 2.24) is 15.6 Å². The van der Waals surface area contributed by atoms with Crippen LogP contribution in [0, 0.1) is 0 Å². The highest BCUT2D eigenvalue weighted by Crippen LogP contribution is 2.33. The summed E-state index contributed by atoms with van der Waals surface area (Å²) in [5.74, 6) is -0.362. The molecule has 0 saturated heterocycles. The Labute approximate surface area is 196 Å². The molecular formula is C27H26N4O3. The van der Waals surface area contributed by atoms with Crippen LogP contribution in [0.15, 0.2) is 72.6 Å². The molecule has 0 radical (unpaired) electrons. The predicted molar refractivity (Wildman–Crippen MR) is 135 cm³/mol. The number of aromatic amines is 1. The lowest BCUT2D eigenvalue weighted by atomic mass is 9.91. The average molecular weight is 455 g/mol. The molecule has 0 saturated carbocycles. The van der Waals surface area contributed by atoms with E-state index in [2.05, 4.69) is 45.2 Å². The van der Waals surface area contributed by atoms with Crippen molar-refractivity contribution in [3.63, 3.8) is 0 Å². The number of para-hydroxylation sites is 1. The molecule has 4 aromatic rings. The van der Waals surface area contributed by atoms with Crippen LogP contribution in [-0.4, -0.2) is 34.2 Å². The maximum absolute atomic E-state index is 13.2. The molecule has 7 nitrogen and oxygen atoms in total. The number of hydrogen-bond acceptors (Lipinski definition) is 3. The van der Waals surface area contributed by atoms with Crippen molar-refractivity contribution >= 4 is 45.4 Å². The van der Waals surface area contributed by atoms with Crippen molar-refractivity contribution in [3.05, 3.63) is 83.7 Å². The molecule has 1 aliphatic rings. The van der Waals surface area contributed by atoms with Gasteiger partial charge in [0.05, 0.1) is 0 Å². The summed E-state index contributed by atoms with van der Waals surface area (Å²) in [5.41, 5.74) is 3.70. The van der Waals surface area contributed by atoms with Crippen LogP contribution in [0.4, 0.5) is 10.5 Å². The summed E-state index contributed by atoms with van der Waals surface area (Å²) in [6, 6.07) is 20.1. The normalized spacial score (nSPS) is 14.2. The summed E-state index contributed by atoms with van der Waals surface area (Å²) in [4.78, 5) is 27.9. The smallest absolute Gasteiger partial charge is 0.405 e. The second kappa shape index (κ2) is 8.59. The maximum Gasteiger partial charge on any atom is 0.405 e. The number of H-pyrrole nitrogens is 1. The molecule has 7 heteroatoms. The Balaban J connectivity index is 1.29. The number of carbonyl (C=O) groups is 2. The molecule has 0 spiro atoms. The molecule has 2 heterocycles. The van der Waals surface area contributed by atoms with Crippen LogP contribution in [0.5, 0.6) is 0 Å². The van der Waals surface area contributed by atoms with E-state index in [-0.39, 0.29) is 12.3 Å². The molecule has 1 aromatic heterocycles. The summed E-state index contributed by atoms with van der Waals surface area (Å²) in [6.07, 6.45) is 3.51. The number of nitrogens with one attached hydrogen (secondary N) is 4. The van der Waals surface area contributed by atoms with Crippen LogP contribution in [-0.2, 0) is 11.2 Å². The summed E-state index contributed by atoms with van der Waals surface area (Å²) in [5, 5.41) is 21.6. The maximum atomic E-state index is 13.2. The molecule has 172 valence electrons. The van der Waals surface area contributed by atoms with Gasteiger partial charge in [0.25, 0.3) is 0 Å². The van der Waals surface area contributed by atoms with E-state index in [1.165, 1.54) is 10.8 Å². The van der Waals surface area contributed by atoms with Gasteiger partial charge in [-0.2, -0.15) is 0 Å². The van der Waals surface area contributed by atoms with E-state index in [0.29, 0.717) is 13.0 Å². The van der Waals surface area contributed by atoms with Gasteiger partial charge in [-0.25, -0.2) is 4.79 Å². The fourth-order valence-corrected chi connectivity index (χ4v) is 4.71. The van der Waals surface area contributed by atoms with Gasteiger partial charge in [0.1, 0.15) is 5.54 Å². The van der Waals surface area contributed by atoms with Crippen molar-refractivity contribution in [2.45, 2.75) is 25.3 Å². The third kappa shape index (κ3) is 4.08. The first kappa shape index (κ1) is 21.6. The Morgan fingerprint density at radius 1 is 1.03 bits per heavy atom. The topological polar surface area (TPSA) is 106 Å². The minimum atomic E-state index is -1.32. The van der Waals surface area contributed by atoms with Crippen LogP contribution in [0.25, 0.3) is 27.8 Å². The molecule has 5 N–H and O–H groups in total. The highest BCUT2D eigenvalue weighted by molar-refractivity contribution is 6.03. The first-order chi connectivity index (χ1) is 16.4. The second-order valence-electron chi connectivity index (χ2n) is 8.85. The standard InChI is InChI=1S/C27H26N4O3/c1-27(31-26(33)34,15-19-16-29-22-10-3-2-9-21(19)22)25(32)28-13-12-20-14-18-8-4-6-17-7-5-11-23(30-20)24(17)18/h2-11,14,16,29-31H,12-13,15H2,1H3,(H,28,32)(H,33,34). The molecule has 34 heavy (non-hydrogen) atoms. The Bertz CT molecular complexity index is 1430. The monoisotopic (exact) mass is 454 g/mol. The molecular weight excluding hydrogens is 428 g/mol. The first-order valence-electron chi connectivity index (χ1n) is 11.3. The Morgan fingerprint density at radius 3 is 2.65 bits per heavy atom. The third-order valence-electron chi connectivity index (χ3n) is 6.34. The molecule has 2 amide bonds. The first-order valence-corrected chi connectivity index (χ1v) is 11.3. The lowest BCUT2D eigenvalue weighted by Crippen LogP contribution is -2.58. The van der Waals surface area contributed by atoms with Gasteiger partial charge >= 0.3 is 6.09 Å². The largest absolute Gasteiger partial charge is 0.465 e. The second-order valence-corrected chi connectivity index (χ2v) is 8.85. The van der Waals surface area contributed by atoms with Crippen molar-refractivity contribution in [1.29, 1.82) is 0 Å². The number of aromatic nitrogens is 1. The molecule has 1 unspecified atom stereocenters. The van der Waals surface area contributed by atoms with E-state index in [1.807, 2.05) is 48.7 Å². The molecule has 1 aliphatic heterocycles. The Hall–Kier alpha value is -4.26. The van der Waals surface area contributed by atoms with Crippen molar-refractivity contribution < 1.29 is 14.7 Å². The van der Waals surface area contributed by atoms with E-state index >= 15 is 0 Å². The lowest BCUT2D eigenvalue weighted by molar-refractivity contribution is -0.126. The van der Waals surface area contributed by atoms with Crippen LogP contribution in [0.3, 0.4) is 0 Å². The number of rotatable bonds is 7. The number of anilines is 1. The number of fused-ring (bicyclic) bond motifs is 1. The van der Waals surface area contributed by atoms with Gasteiger partial charge in [-0.1, -0.05) is 48.5 Å². The van der Waals surface area contributed by atoms with Gasteiger partial charge in [-0.05, 0) is 41.6 Å². The van der Waals surface area contributed by atoms with E-state index < -0.39 is 11.6 Å². The SMILES string of the molecule is CC(Cc1c[nH]c2ccccc12)(NC(=O)O)C(=O)NCCC1=Cc2cccc3cccc(c23)N1. The fourth-order valence-electron chi connectivity index (χ4n) is 4.71. The minimum Gasteiger partial charge on any atom is -0.465 e. The van der Waals surface area contributed by atoms with Gasteiger partial charge in [-0.15, -0.1) is 0 Å². The van der Waals surface area contributed by atoms with Crippen LogP contribution < -0.4 is 16.0 Å². The summed E-state index contributed by atoms with van der Waals surface area (Å²) in [6.45, 7) is 1.99. The number of amides is 2. The van der Waals surface area contributed by atoms with Crippen LogP contribution >= 0.6 is 0 Å². The quantitative estimate of drug-likeness (QED) is 0.275. The van der Waals surface area contributed by atoms with Crippen molar-refractivity contribution in [3.8, 4) is 0 Å². The van der Waals surface area contributed by atoms with E-state index in [1.54, 1.807) is 6.92 Å².